The summed E-state index contributed by atoms with van der Waals surface area (Å²) in [5.41, 5.74) is 0. The molecular formula is C18H36IN3OS. The van der Waals surface area contributed by atoms with Crippen molar-refractivity contribution in [1.29, 1.82) is 0 Å². The van der Waals surface area contributed by atoms with Gasteiger partial charge in [0.25, 0.3) is 0 Å². The van der Waals surface area contributed by atoms with Crippen LogP contribution in [0.15, 0.2) is 4.99 Å². The van der Waals surface area contributed by atoms with Gasteiger partial charge >= 0.3 is 0 Å². The van der Waals surface area contributed by atoms with E-state index >= 15 is 0 Å². The molecule has 2 N–H and O–H groups in total. The van der Waals surface area contributed by atoms with E-state index in [1.54, 1.807) is 0 Å². The fourth-order valence-corrected chi connectivity index (χ4v) is 4.62. The molecule has 0 unspecified atom stereocenters. The molecule has 4 nitrogen and oxygen atoms in total. The Kier molecular flexibility index (Phi) is 11.0. The van der Waals surface area contributed by atoms with Crippen molar-refractivity contribution in [3.63, 3.8) is 0 Å². The van der Waals surface area contributed by atoms with Crippen LogP contribution >= 0.6 is 35.7 Å². The van der Waals surface area contributed by atoms with Crippen LogP contribution in [0, 0.1) is 5.92 Å². The smallest absolute Gasteiger partial charge is 0.191 e. The molecule has 2 fully saturated rings. The lowest BCUT2D eigenvalue weighted by Crippen LogP contribution is -2.50. The van der Waals surface area contributed by atoms with E-state index in [0.717, 1.165) is 44.5 Å². The number of hydrogen-bond donors (Lipinski definition) is 2. The maximum Gasteiger partial charge on any atom is 0.191 e. The Bertz CT molecular complexity index is 367. The summed E-state index contributed by atoms with van der Waals surface area (Å²) in [6.45, 7) is 5.04. The van der Waals surface area contributed by atoms with Gasteiger partial charge in [-0.25, -0.2) is 0 Å². The number of hydrogen-bond acceptors (Lipinski definition) is 3. The fraction of sp³-hybridized carbons (Fsp3) is 0.944. The standard InChI is InChI=1S/C18H35N3OS.HI/c1-4-5-15-6-8-16(9-7-15)21-17(19-2)20-14-18(23-3)10-12-22-13-11-18;/h15-16H,4-14H2,1-3H3,(H2,19,20,21);1H. The van der Waals surface area contributed by atoms with Crippen LogP contribution in [-0.4, -0.2) is 49.8 Å². The van der Waals surface area contributed by atoms with Crippen molar-refractivity contribution in [3.05, 3.63) is 0 Å². The van der Waals surface area contributed by atoms with Gasteiger partial charge in [0.15, 0.2) is 5.96 Å². The second kappa shape index (κ2) is 11.8. The molecule has 1 heterocycles. The number of thioether (sulfide) groups is 1. The van der Waals surface area contributed by atoms with E-state index in [0.29, 0.717) is 10.8 Å². The number of halogens is 1. The number of nitrogens with one attached hydrogen (secondary N) is 2. The van der Waals surface area contributed by atoms with Crippen LogP contribution in [0.25, 0.3) is 0 Å². The van der Waals surface area contributed by atoms with Gasteiger partial charge in [0.2, 0.25) is 0 Å². The summed E-state index contributed by atoms with van der Waals surface area (Å²) in [6.07, 6.45) is 12.5. The highest BCUT2D eigenvalue weighted by molar-refractivity contribution is 14.0. The highest BCUT2D eigenvalue weighted by atomic mass is 127. The summed E-state index contributed by atoms with van der Waals surface area (Å²) in [7, 11) is 1.88. The van der Waals surface area contributed by atoms with Gasteiger partial charge in [-0.2, -0.15) is 11.8 Å². The number of rotatable bonds is 6. The second-order valence-electron chi connectivity index (χ2n) is 7.08. The molecule has 0 atom stereocenters. The van der Waals surface area contributed by atoms with Crippen molar-refractivity contribution in [1.82, 2.24) is 10.6 Å². The number of guanidine groups is 1. The van der Waals surface area contributed by atoms with Crippen molar-refractivity contribution in [3.8, 4) is 0 Å². The lowest BCUT2D eigenvalue weighted by Gasteiger charge is -2.36. The molecule has 0 aromatic heterocycles. The molecule has 1 saturated heterocycles. The number of ether oxygens (including phenoxy) is 1. The zero-order chi connectivity index (χ0) is 16.5. The van der Waals surface area contributed by atoms with Crippen LogP contribution in [0.3, 0.4) is 0 Å². The highest BCUT2D eigenvalue weighted by Crippen LogP contribution is 2.33. The fourth-order valence-electron chi connectivity index (χ4n) is 3.83. The monoisotopic (exact) mass is 469 g/mol. The topological polar surface area (TPSA) is 45.7 Å². The van der Waals surface area contributed by atoms with Gasteiger partial charge in [0.1, 0.15) is 0 Å². The third-order valence-corrected chi connectivity index (χ3v) is 6.94. The van der Waals surface area contributed by atoms with Crippen LogP contribution in [0.4, 0.5) is 0 Å². The minimum atomic E-state index is 0. The lowest BCUT2D eigenvalue weighted by atomic mass is 9.83. The van der Waals surface area contributed by atoms with E-state index in [9.17, 15) is 0 Å². The molecule has 2 aliphatic rings. The minimum absolute atomic E-state index is 0. The molecule has 142 valence electrons. The molecule has 1 aliphatic carbocycles. The predicted octanol–water partition coefficient (Wildman–Crippen LogP) is 4.04. The Morgan fingerprint density at radius 1 is 1.21 bits per heavy atom. The van der Waals surface area contributed by atoms with Crippen molar-refractivity contribution >= 4 is 41.7 Å². The first-order chi connectivity index (χ1) is 11.2. The quantitative estimate of drug-likeness (QED) is 0.350. The number of nitrogens with zero attached hydrogens (tertiary/aromatic N) is 1. The Balaban J connectivity index is 0.00000288. The van der Waals surface area contributed by atoms with E-state index in [1.807, 2.05) is 18.8 Å². The predicted molar refractivity (Wildman–Crippen MR) is 117 cm³/mol. The van der Waals surface area contributed by atoms with Crippen LogP contribution in [-0.2, 0) is 4.74 Å². The molecule has 0 radical (unpaired) electrons. The van der Waals surface area contributed by atoms with Crippen molar-refractivity contribution in [2.45, 2.75) is 69.1 Å². The SMILES string of the molecule is CCCC1CCC(NC(=NC)NCC2(SC)CCOCC2)CC1.I. The molecule has 1 saturated carbocycles. The minimum Gasteiger partial charge on any atom is -0.381 e. The highest BCUT2D eigenvalue weighted by Gasteiger charge is 2.32. The van der Waals surface area contributed by atoms with Crippen molar-refractivity contribution < 1.29 is 4.74 Å². The van der Waals surface area contributed by atoms with Gasteiger partial charge in [-0.15, -0.1) is 24.0 Å². The average molecular weight is 469 g/mol. The summed E-state index contributed by atoms with van der Waals surface area (Å²) < 4.78 is 5.82. The molecule has 0 bridgehead atoms. The van der Waals surface area contributed by atoms with Crippen molar-refractivity contribution in [2.24, 2.45) is 10.9 Å². The third kappa shape index (κ3) is 6.90. The largest absolute Gasteiger partial charge is 0.381 e. The Morgan fingerprint density at radius 2 is 1.88 bits per heavy atom. The Morgan fingerprint density at radius 3 is 2.42 bits per heavy atom. The molecule has 1 aliphatic heterocycles. The van der Waals surface area contributed by atoms with Gasteiger partial charge in [-0.05, 0) is 50.7 Å². The van der Waals surface area contributed by atoms with Gasteiger partial charge < -0.3 is 15.4 Å². The summed E-state index contributed by atoms with van der Waals surface area (Å²) in [5.74, 6) is 1.93. The summed E-state index contributed by atoms with van der Waals surface area (Å²) in [6, 6.07) is 0.592. The van der Waals surface area contributed by atoms with Gasteiger partial charge in [-0.1, -0.05) is 19.8 Å². The Hall–Kier alpha value is 0.310. The zero-order valence-corrected chi connectivity index (χ0v) is 18.8. The van der Waals surface area contributed by atoms with E-state index in [-0.39, 0.29) is 24.0 Å². The molecule has 6 heteroatoms. The molecular weight excluding hydrogens is 433 g/mol. The van der Waals surface area contributed by atoms with Crippen LogP contribution < -0.4 is 10.6 Å². The first-order valence-electron chi connectivity index (χ1n) is 9.31. The van der Waals surface area contributed by atoms with Crippen molar-refractivity contribution in [2.75, 3.05) is 33.1 Å². The second-order valence-corrected chi connectivity index (χ2v) is 8.35. The molecule has 0 amide bonds. The molecule has 24 heavy (non-hydrogen) atoms. The Labute approximate surface area is 169 Å². The third-order valence-electron chi connectivity index (χ3n) is 5.52. The van der Waals surface area contributed by atoms with Gasteiger partial charge in [-0.3, -0.25) is 4.99 Å². The van der Waals surface area contributed by atoms with E-state index in [1.165, 1.54) is 38.5 Å². The molecule has 0 spiro atoms. The summed E-state index contributed by atoms with van der Waals surface area (Å²) >= 11 is 1.97. The van der Waals surface area contributed by atoms with Crippen LogP contribution in [0.1, 0.15) is 58.3 Å². The van der Waals surface area contributed by atoms with E-state index in [4.69, 9.17) is 4.74 Å². The summed E-state index contributed by atoms with van der Waals surface area (Å²) in [5, 5.41) is 7.22. The first-order valence-corrected chi connectivity index (χ1v) is 10.5. The maximum atomic E-state index is 5.52. The molecule has 0 aromatic rings. The van der Waals surface area contributed by atoms with Crippen LogP contribution in [0.5, 0.6) is 0 Å². The molecule has 0 aromatic carbocycles. The average Bonchev–Trinajstić information content (AvgIpc) is 2.61. The maximum absolute atomic E-state index is 5.52. The first kappa shape index (κ1) is 22.4. The summed E-state index contributed by atoms with van der Waals surface area (Å²) in [4.78, 5) is 4.44. The van der Waals surface area contributed by atoms with Gasteiger partial charge in [0, 0.05) is 37.6 Å². The molecule has 2 rings (SSSR count). The normalized spacial score (nSPS) is 27.2. The van der Waals surface area contributed by atoms with E-state index < -0.39 is 0 Å². The van der Waals surface area contributed by atoms with Gasteiger partial charge in [0.05, 0.1) is 0 Å². The lowest BCUT2D eigenvalue weighted by molar-refractivity contribution is 0.0782. The van der Waals surface area contributed by atoms with Crippen LogP contribution in [0.2, 0.25) is 0 Å². The number of aliphatic imine (C=N–C) groups is 1. The zero-order valence-electron chi connectivity index (χ0n) is 15.6. The van der Waals surface area contributed by atoms with E-state index in [2.05, 4.69) is 28.8 Å².